The molecule has 3 N–H and O–H groups in total. The Labute approximate surface area is 194 Å². The van der Waals surface area contributed by atoms with Crippen molar-refractivity contribution in [3.05, 3.63) is 47.8 Å². The lowest BCUT2D eigenvalue weighted by molar-refractivity contribution is -0.138. The van der Waals surface area contributed by atoms with Crippen molar-refractivity contribution in [2.75, 3.05) is 28.6 Å². The van der Waals surface area contributed by atoms with Gasteiger partial charge >= 0.3 is 12.0 Å². The van der Waals surface area contributed by atoms with Crippen molar-refractivity contribution < 1.29 is 14.7 Å². The molecule has 0 bridgehead atoms. The summed E-state index contributed by atoms with van der Waals surface area (Å²) in [4.78, 5) is 30.4. The summed E-state index contributed by atoms with van der Waals surface area (Å²) in [6.07, 6.45) is 2.04. The zero-order valence-electron chi connectivity index (χ0n) is 19.5. The van der Waals surface area contributed by atoms with Crippen LogP contribution < -0.4 is 15.5 Å². The van der Waals surface area contributed by atoms with Gasteiger partial charge < -0.3 is 20.6 Å². The highest BCUT2D eigenvalue weighted by molar-refractivity contribution is 6.02. The smallest absolute Gasteiger partial charge is 0.323 e. The summed E-state index contributed by atoms with van der Waals surface area (Å²) in [6, 6.07) is 10.5. The number of nitrogens with zero attached hydrogens (tertiary/aromatic N) is 3. The summed E-state index contributed by atoms with van der Waals surface area (Å²) < 4.78 is 0. The molecule has 1 fully saturated rings. The number of aromatic nitrogens is 1. The highest BCUT2D eigenvalue weighted by atomic mass is 16.4. The minimum atomic E-state index is -0.786. The van der Waals surface area contributed by atoms with Gasteiger partial charge in [0.05, 0.1) is 29.2 Å². The molecule has 1 aliphatic carbocycles. The summed E-state index contributed by atoms with van der Waals surface area (Å²) in [7, 11) is 0. The molecule has 1 aliphatic rings. The number of carboxylic acids is 1. The van der Waals surface area contributed by atoms with Crippen molar-refractivity contribution in [3.63, 3.8) is 0 Å². The second kappa shape index (κ2) is 10.3. The third kappa shape index (κ3) is 6.45. The molecule has 3 rings (SSSR count). The van der Waals surface area contributed by atoms with Crippen LogP contribution in [0, 0.1) is 29.1 Å². The normalized spacial score (nSPS) is 16.9. The predicted molar refractivity (Wildman–Crippen MR) is 128 cm³/mol. The van der Waals surface area contributed by atoms with E-state index in [0.29, 0.717) is 29.6 Å². The van der Waals surface area contributed by atoms with Crippen LogP contribution >= 0.6 is 0 Å². The number of benzene rings is 1. The van der Waals surface area contributed by atoms with Crippen LogP contribution in [0.3, 0.4) is 0 Å². The van der Waals surface area contributed by atoms with E-state index in [-0.39, 0.29) is 17.5 Å². The maximum Gasteiger partial charge on any atom is 0.323 e. The topological polar surface area (TPSA) is 118 Å². The molecule has 0 aliphatic heterocycles. The number of carboxylic acid groups (broad SMARTS) is 1. The molecule has 2 aromatic rings. The first kappa shape index (κ1) is 24.1. The van der Waals surface area contributed by atoms with E-state index in [1.807, 2.05) is 24.3 Å². The quantitative estimate of drug-likeness (QED) is 0.501. The van der Waals surface area contributed by atoms with Gasteiger partial charge in [0, 0.05) is 13.1 Å². The number of nitrogens with one attached hydrogen (secondary N) is 2. The molecule has 0 saturated heterocycles. The van der Waals surface area contributed by atoms with Gasteiger partial charge in [0.15, 0.2) is 0 Å². The zero-order valence-corrected chi connectivity index (χ0v) is 19.5. The summed E-state index contributed by atoms with van der Waals surface area (Å²) in [5, 5.41) is 23.9. The van der Waals surface area contributed by atoms with Gasteiger partial charge in [-0.15, -0.1) is 0 Å². The van der Waals surface area contributed by atoms with E-state index >= 15 is 0 Å². The Morgan fingerprint density at radius 2 is 1.85 bits per heavy atom. The number of hydrogen-bond donors (Lipinski definition) is 3. The van der Waals surface area contributed by atoms with Crippen molar-refractivity contribution in [2.45, 2.75) is 40.0 Å². The van der Waals surface area contributed by atoms with Crippen LogP contribution in [0.15, 0.2) is 36.5 Å². The second-order valence-electron chi connectivity index (χ2n) is 9.38. The van der Waals surface area contributed by atoms with Crippen LogP contribution in [0.2, 0.25) is 0 Å². The minimum absolute atomic E-state index is 0.0356. The number of urea groups is 1. The van der Waals surface area contributed by atoms with Gasteiger partial charge in [0.25, 0.3) is 0 Å². The highest BCUT2D eigenvalue weighted by Gasteiger charge is 2.44. The Kier molecular flexibility index (Phi) is 7.54. The summed E-state index contributed by atoms with van der Waals surface area (Å²) >= 11 is 0. The Hall–Kier alpha value is -3.60. The minimum Gasteiger partial charge on any atom is -0.481 e. The van der Waals surface area contributed by atoms with Crippen LogP contribution in [-0.2, 0) is 4.79 Å². The number of aliphatic carboxylic acids is 1. The Balaban J connectivity index is 1.88. The van der Waals surface area contributed by atoms with E-state index < -0.39 is 12.0 Å². The number of carbonyl (C=O) groups excluding carboxylic acids is 1. The molecule has 0 unspecified atom stereocenters. The zero-order chi connectivity index (χ0) is 24.1. The van der Waals surface area contributed by atoms with Crippen molar-refractivity contribution in [1.82, 2.24) is 4.98 Å². The van der Waals surface area contributed by atoms with Gasteiger partial charge in [-0.3, -0.25) is 4.79 Å². The fourth-order valence-electron chi connectivity index (χ4n) is 3.97. The molecule has 8 heteroatoms. The molecule has 1 heterocycles. The molecular formula is C25H31N5O3. The monoisotopic (exact) mass is 449 g/mol. The molecule has 2 amide bonds. The lowest BCUT2D eigenvalue weighted by atomic mass is 10.0. The molecule has 1 aromatic carbocycles. The van der Waals surface area contributed by atoms with E-state index in [4.69, 9.17) is 5.26 Å². The molecule has 1 aromatic heterocycles. The van der Waals surface area contributed by atoms with Gasteiger partial charge in [0.1, 0.15) is 11.8 Å². The molecule has 174 valence electrons. The maximum absolute atomic E-state index is 12.8. The average Bonchev–Trinajstić information content (AvgIpc) is 3.54. The summed E-state index contributed by atoms with van der Waals surface area (Å²) in [5.41, 5.74) is 3.20. The maximum atomic E-state index is 12.8. The third-order valence-corrected chi connectivity index (χ3v) is 5.45. The standard InChI is InChI=1S/C25H31N5O3/c1-15(2)13-30(14-16(3)4)23-8-5-17(20-10-21(20)24(31)32)9-22(23)29-25(33)28-19-7-6-18(11-26)27-12-19/h5-9,12,15-16,20-21H,10,13-14H2,1-4H3,(H,31,32)(H2,28,29,33)/t20-,21-/m0/s1. The lowest BCUT2D eigenvalue weighted by Gasteiger charge is -2.30. The number of pyridine rings is 1. The Morgan fingerprint density at radius 3 is 2.36 bits per heavy atom. The average molecular weight is 450 g/mol. The third-order valence-electron chi connectivity index (χ3n) is 5.45. The predicted octanol–water partition coefficient (Wildman–Crippen LogP) is 4.90. The number of anilines is 3. The van der Waals surface area contributed by atoms with Gasteiger partial charge in [-0.2, -0.15) is 5.26 Å². The van der Waals surface area contributed by atoms with Crippen LogP contribution in [0.25, 0.3) is 0 Å². The number of carbonyl (C=O) groups is 2. The first-order valence-electron chi connectivity index (χ1n) is 11.2. The summed E-state index contributed by atoms with van der Waals surface area (Å²) in [6.45, 7) is 10.3. The SMILES string of the molecule is CC(C)CN(CC(C)C)c1ccc([C@@H]2C[C@@H]2C(=O)O)cc1NC(=O)Nc1ccc(C#N)nc1. The van der Waals surface area contributed by atoms with Crippen molar-refractivity contribution in [3.8, 4) is 6.07 Å². The second-order valence-corrected chi connectivity index (χ2v) is 9.38. The molecule has 1 saturated carbocycles. The van der Waals surface area contributed by atoms with Crippen molar-refractivity contribution in [1.29, 1.82) is 5.26 Å². The van der Waals surface area contributed by atoms with Gasteiger partial charge in [-0.25, -0.2) is 9.78 Å². The van der Waals surface area contributed by atoms with Gasteiger partial charge in [0.2, 0.25) is 0 Å². The Bertz CT molecular complexity index is 1030. The molecule has 0 radical (unpaired) electrons. The van der Waals surface area contributed by atoms with E-state index in [1.165, 1.54) is 12.3 Å². The number of nitriles is 1. The van der Waals surface area contributed by atoms with Crippen molar-refractivity contribution >= 4 is 29.1 Å². The molecule has 2 atom stereocenters. The van der Waals surface area contributed by atoms with E-state index in [2.05, 4.69) is 48.2 Å². The van der Waals surface area contributed by atoms with E-state index in [9.17, 15) is 14.7 Å². The molecular weight excluding hydrogens is 418 g/mol. The molecule has 0 spiro atoms. The summed E-state index contributed by atoms with van der Waals surface area (Å²) in [5.74, 6) is -0.341. The molecule has 8 nitrogen and oxygen atoms in total. The van der Waals surface area contributed by atoms with Crippen LogP contribution in [0.4, 0.5) is 21.9 Å². The molecule has 33 heavy (non-hydrogen) atoms. The van der Waals surface area contributed by atoms with E-state index in [0.717, 1.165) is 24.3 Å². The first-order valence-corrected chi connectivity index (χ1v) is 11.2. The number of rotatable bonds is 9. The number of hydrogen-bond acceptors (Lipinski definition) is 5. The van der Waals surface area contributed by atoms with Gasteiger partial charge in [-0.1, -0.05) is 33.8 Å². The van der Waals surface area contributed by atoms with Crippen LogP contribution in [0.5, 0.6) is 0 Å². The van der Waals surface area contributed by atoms with Crippen LogP contribution in [0.1, 0.15) is 51.3 Å². The highest BCUT2D eigenvalue weighted by Crippen LogP contribution is 2.49. The Morgan fingerprint density at radius 1 is 1.15 bits per heavy atom. The fourth-order valence-corrected chi connectivity index (χ4v) is 3.97. The van der Waals surface area contributed by atoms with E-state index in [1.54, 1.807) is 6.07 Å². The van der Waals surface area contributed by atoms with Crippen LogP contribution in [-0.4, -0.2) is 35.2 Å². The fraction of sp³-hybridized carbons (Fsp3) is 0.440. The number of amides is 2. The van der Waals surface area contributed by atoms with Gasteiger partial charge in [-0.05, 0) is 54.0 Å². The largest absolute Gasteiger partial charge is 0.481 e. The first-order chi connectivity index (χ1) is 15.7. The lowest BCUT2D eigenvalue weighted by Crippen LogP contribution is -2.32. The van der Waals surface area contributed by atoms with Crippen molar-refractivity contribution in [2.24, 2.45) is 17.8 Å².